The summed E-state index contributed by atoms with van der Waals surface area (Å²) in [4.78, 5) is 0. The number of aromatic amines is 1. The van der Waals surface area contributed by atoms with E-state index in [-0.39, 0.29) is 0 Å². The van der Waals surface area contributed by atoms with Crippen LogP contribution < -0.4 is 5.32 Å². The van der Waals surface area contributed by atoms with Crippen LogP contribution in [0.15, 0.2) is 6.20 Å². The zero-order chi connectivity index (χ0) is 9.80. The first-order chi connectivity index (χ1) is 6.90. The molecule has 0 bridgehead atoms. The zero-order valence-corrected chi connectivity index (χ0v) is 8.66. The predicted octanol–water partition coefficient (Wildman–Crippen LogP) is 1.65. The Balaban J connectivity index is 1.92. The highest BCUT2D eigenvalue weighted by molar-refractivity contribution is 5.00. The van der Waals surface area contributed by atoms with E-state index in [9.17, 15) is 0 Å². The molecular weight excluding hydrogens is 176 g/mol. The Morgan fingerprint density at radius 3 is 3.00 bits per heavy atom. The van der Waals surface area contributed by atoms with Gasteiger partial charge in [0.25, 0.3) is 0 Å². The molecule has 0 aliphatic heterocycles. The summed E-state index contributed by atoms with van der Waals surface area (Å²) in [6.07, 6.45) is 7.22. The lowest BCUT2D eigenvalue weighted by molar-refractivity contribution is 0.260. The lowest BCUT2D eigenvalue weighted by Gasteiger charge is -2.29. The zero-order valence-electron chi connectivity index (χ0n) is 8.66. The van der Waals surface area contributed by atoms with Crippen LogP contribution >= 0.6 is 0 Å². The Morgan fingerprint density at radius 2 is 2.50 bits per heavy atom. The van der Waals surface area contributed by atoms with Gasteiger partial charge in [0.15, 0.2) is 0 Å². The lowest BCUT2D eigenvalue weighted by Crippen LogP contribution is -2.26. The van der Waals surface area contributed by atoms with Crippen molar-refractivity contribution in [1.29, 1.82) is 0 Å². The van der Waals surface area contributed by atoms with Crippen molar-refractivity contribution in [2.45, 2.75) is 38.6 Å². The van der Waals surface area contributed by atoms with Crippen LogP contribution in [0, 0.1) is 5.92 Å². The summed E-state index contributed by atoms with van der Waals surface area (Å²) in [5.41, 5.74) is 1.05. The minimum atomic E-state index is 0.393. The summed E-state index contributed by atoms with van der Waals surface area (Å²) in [7, 11) is 0. The summed E-state index contributed by atoms with van der Waals surface area (Å²) in [6, 6.07) is 0.393. The topological polar surface area (TPSA) is 53.6 Å². The molecule has 1 aliphatic rings. The van der Waals surface area contributed by atoms with Gasteiger partial charge in [-0.3, -0.25) is 0 Å². The van der Waals surface area contributed by atoms with Gasteiger partial charge in [0.2, 0.25) is 0 Å². The van der Waals surface area contributed by atoms with E-state index in [0.29, 0.717) is 6.04 Å². The monoisotopic (exact) mass is 194 g/mol. The summed E-state index contributed by atoms with van der Waals surface area (Å²) in [5, 5.41) is 14.1. The molecule has 1 saturated carbocycles. The van der Waals surface area contributed by atoms with Gasteiger partial charge in [0, 0.05) is 0 Å². The Hall–Kier alpha value is -0.900. The van der Waals surface area contributed by atoms with E-state index in [1.807, 2.05) is 6.20 Å². The molecule has 1 atom stereocenters. The molecule has 4 heteroatoms. The van der Waals surface area contributed by atoms with E-state index in [4.69, 9.17) is 0 Å². The van der Waals surface area contributed by atoms with E-state index >= 15 is 0 Å². The standard InChI is InChI=1S/C10H18N4/c1-2-11-9(6-8-4-3-5-8)10-7-12-14-13-10/h7-9,11H,2-6H2,1H3,(H,12,13,14). The van der Waals surface area contributed by atoms with E-state index in [2.05, 4.69) is 27.7 Å². The molecule has 2 rings (SSSR count). The molecule has 1 aromatic heterocycles. The second kappa shape index (κ2) is 4.55. The van der Waals surface area contributed by atoms with Gasteiger partial charge in [0.05, 0.1) is 17.9 Å². The smallest absolute Gasteiger partial charge is 0.0993 e. The van der Waals surface area contributed by atoms with Gasteiger partial charge in [-0.1, -0.05) is 26.2 Å². The Labute approximate surface area is 84.5 Å². The number of rotatable bonds is 5. The molecule has 0 amide bonds. The van der Waals surface area contributed by atoms with Gasteiger partial charge < -0.3 is 5.32 Å². The van der Waals surface area contributed by atoms with Crippen LogP contribution in [0.1, 0.15) is 44.3 Å². The summed E-state index contributed by atoms with van der Waals surface area (Å²) in [5.74, 6) is 0.899. The molecular formula is C10H18N4. The molecule has 1 aliphatic carbocycles. The van der Waals surface area contributed by atoms with Crippen molar-refractivity contribution in [2.75, 3.05) is 6.54 Å². The van der Waals surface area contributed by atoms with Gasteiger partial charge in [0.1, 0.15) is 0 Å². The average molecular weight is 194 g/mol. The fraction of sp³-hybridized carbons (Fsp3) is 0.800. The Kier molecular flexibility index (Phi) is 3.14. The summed E-state index contributed by atoms with van der Waals surface area (Å²) in [6.45, 7) is 3.12. The van der Waals surface area contributed by atoms with Crippen LogP contribution in [0.3, 0.4) is 0 Å². The molecule has 1 heterocycles. The molecule has 1 unspecified atom stereocenters. The largest absolute Gasteiger partial charge is 0.309 e. The van der Waals surface area contributed by atoms with Gasteiger partial charge in [-0.25, -0.2) is 0 Å². The molecule has 4 nitrogen and oxygen atoms in total. The van der Waals surface area contributed by atoms with E-state index < -0.39 is 0 Å². The third-order valence-electron chi connectivity index (χ3n) is 3.03. The second-order valence-electron chi connectivity index (χ2n) is 4.04. The quantitative estimate of drug-likeness (QED) is 0.749. The molecule has 0 spiro atoms. The highest BCUT2D eigenvalue weighted by atomic mass is 15.3. The Bertz CT molecular complexity index is 253. The molecule has 14 heavy (non-hydrogen) atoms. The average Bonchev–Trinajstić information content (AvgIpc) is 2.61. The number of hydrogen-bond donors (Lipinski definition) is 2. The van der Waals surface area contributed by atoms with Crippen molar-refractivity contribution in [2.24, 2.45) is 5.92 Å². The summed E-state index contributed by atoms with van der Waals surface area (Å²) >= 11 is 0. The Morgan fingerprint density at radius 1 is 1.64 bits per heavy atom. The molecule has 78 valence electrons. The first-order valence-electron chi connectivity index (χ1n) is 5.49. The second-order valence-corrected chi connectivity index (χ2v) is 4.04. The van der Waals surface area contributed by atoms with E-state index in [1.54, 1.807) is 0 Å². The maximum absolute atomic E-state index is 4.15. The maximum Gasteiger partial charge on any atom is 0.0993 e. The van der Waals surface area contributed by atoms with Crippen LogP contribution in [-0.4, -0.2) is 22.0 Å². The molecule has 1 aromatic rings. The number of nitrogens with one attached hydrogen (secondary N) is 2. The van der Waals surface area contributed by atoms with Crippen LogP contribution in [-0.2, 0) is 0 Å². The molecule has 2 N–H and O–H groups in total. The molecule has 0 aromatic carbocycles. The van der Waals surface area contributed by atoms with Gasteiger partial charge in [-0.2, -0.15) is 15.4 Å². The lowest BCUT2D eigenvalue weighted by atomic mass is 9.80. The SMILES string of the molecule is CCNC(CC1CCC1)c1cn[nH]n1. The first kappa shape index (κ1) is 9.65. The van der Waals surface area contributed by atoms with Crippen LogP contribution in [0.4, 0.5) is 0 Å². The van der Waals surface area contributed by atoms with Crippen molar-refractivity contribution >= 4 is 0 Å². The number of H-pyrrole nitrogens is 1. The van der Waals surface area contributed by atoms with Crippen molar-refractivity contribution in [1.82, 2.24) is 20.7 Å². The van der Waals surface area contributed by atoms with Crippen molar-refractivity contribution in [3.8, 4) is 0 Å². The van der Waals surface area contributed by atoms with Crippen molar-refractivity contribution < 1.29 is 0 Å². The molecule has 1 fully saturated rings. The molecule has 0 radical (unpaired) electrons. The summed E-state index contributed by atoms with van der Waals surface area (Å²) < 4.78 is 0. The number of hydrogen-bond acceptors (Lipinski definition) is 3. The third-order valence-corrected chi connectivity index (χ3v) is 3.03. The minimum absolute atomic E-state index is 0.393. The van der Waals surface area contributed by atoms with Crippen LogP contribution in [0.2, 0.25) is 0 Å². The fourth-order valence-corrected chi connectivity index (χ4v) is 2.00. The van der Waals surface area contributed by atoms with Crippen LogP contribution in [0.5, 0.6) is 0 Å². The predicted molar refractivity (Wildman–Crippen MR) is 54.8 cm³/mol. The number of nitrogens with zero attached hydrogens (tertiary/aromatic N) is 2. The third kappa shape index (κ3) is 2.12. The fourth-order valence-electron chi connectivity index (χ4n) is 2.00. The van der Waals surface area contributed by atoms with Crippen molar-refractivity contribution in [3.63, 3.8) is 0 Å². The highest BCUT2D eigenvalue weighted by Crippen LogP contribution is 2.33. The van der Waals surface area contributed by atoms with Crippen molar-refractivity contribution in [3.05, 3.63) is 11.9 Å². The van der Waals surface area contributed by atoms with Gasteiger partial charge in [-0.05, 0) is 18.9 Å². The van der Waals surface area contributed by atoms with Gasteiger partial charge >= 0.3 is 0 Å². The van der Waals surface area contributed by atoms with E-state index in [1.165, 1.54) is 25.7 Å². The normalized spacial score (nSPS) is 19.2. The minimum Gasteiger partial charge on any atom is -0.309 e. The van der Waals surface area contributed by atoms with Gasteiger partial charge in [-0.15, -0.1) is 0 Å². The highest BCUT2D eigenvalue weighted by Gasteiger charge is 2.23. The molecule has 0 saturated heterocycles. The van der Waals surface area contributed by atoms with Crippen LogP contribution in [0.25, 0.3) is 0 Å². The number of aromatic nitrogens is 3. The first-order valence-corrected chi connectivity index (χ1v) is 5.49. The van der Waals surface area contributed by atoms with E-state index in [0.717, 1.165) is 18.2 Å². The maximum atomic E-state index is 4.15.